The lowest BCUT2D eigenvalue weighted by molar-refractivity contribution is -0.140. The third-order valence-electron chi connectivity index (χ3n) is 3.52. The van der Waals surface area contributed by atoms with Gasteiger partial charge in [0.1, 0.15) is 12.4 Å². The first kappa shape index (κ1) is 17.7. The molecule has 0 aliphatic rings. The minimum absolute atomic E-state index is 0.148. The summed E-state index contributed by atoms with van der Waals surface area (Å²) in [7, 11) is 0. The summed E-state index contributed by atoms with van der Waals surface area (Å²) in [6.07, 6.45) is 0.398. The Labute approximate surface area is 141 Å². The van der Waals surface area contributed by atoms with Gasteiger partial charge in [-0.3, -0.25) is 0 Å². The molecule has 0 spiro atoms. The summed E-state index contributed by atoms with van der Waals surface area (Å²) in [6, 6.07) is 16.9. The van der Waals surface area contributed by atoms with Crippen molar-refractivity contribution in [2.45, 2.75) is 26.9 Å². The SMILES string of the molecule is CCOC(=O)/C(F)=C(\CC)c1ccc(OCc2ccccc2)cc1. The highest BCUT2D eigenvalue weighted by Gasteiger charge is 2.16. The quantitative estimate of drug-likeness (QED) is 0.534. The van der Waals surface area contributed by atoms with Crippen molar-refractivity contribution in [2.75, 3.05) is 6.61 Å². The molecule has 0 aliphatic heterocycles. The molecule has 2 aromatic rings. The molecule has 0 aromatic heterocycles. The maximum absolute atomic E-state index is 14.2. The lowest BCUT2D eigenvalue weighted by atomic mass is 10.0. The number of hydrogen-bond acceptors (Lipinski definition) is 3. The van der Waals surface area contributed by atoms with Crippen LogP contribution in [-0.2, 0) is 16.1 Å². The van der Waals surface area contributed by atoms with E-state index < -0.39 is 11.8 Å². The maximum Gasteiger partial charge on any atom is 0.367 e. The molecule has 0 amide bonds. The molecule has 0 N–H and O–H groups in total. The number of halogens is 1. The number of ether oxygens (including phenoxy) is 2. The van der Waals surface area contributed by atoms with Crippen LogP contribution in [0, 0.1) is 0 Å². The van der Waals surface area contributed by atoms with Crippen molar-refractivity contribution in [2.24, 2.45) is 0 Å². The Hall–Kier alpha value is -2.62. The first-order valence-corrected chi connectivity index (χ1v) is 7.98. The number of carbonyl (C=O) groups is 1. The van der Waals surface area contributed by atoms with Crippen LogP contribution in [0.1, 0.15) is 31.4 Å². The lowest BCUT2D eigenvalue weighted by Crippen LogP contribution is -2.06. The topological polar surface area (TPSA) is 35.5 Å². The number of carbonyl (C=O) groups excluding carboxylic acids is 1. The maximum atomic E-state index is 14.2. The standard InChI is InChI=1S/C20H21FO3/c1-3-18(19(21)20(22)23-4-2)16-10-12-17(13-11-16)24-14-15-8-6-5-7-9-15/h5-13H,3-4,14H2,1-2H3/b19-18-. The molecule has 0 fully saturated rings. The monoisotopic (exact) mass is 328 g/mol. The second-order valence-corrected chi connectivity index (χ2v) is 5.17. The van der Waals surface area contributed by atoms with Crippen LogP contribution in [0.5, 0.6) is 5.75 Å². The van der Waals surface area contributed by atoms with Gasteiger partial charge in [-0.1, -0.05) is 49.4 Å². The molecule has 0 bridgehead atoms. The summed E-state index contributed by atoms with van der Waals surface area (Å²) < 4.78 is 24.6. The molecule has 0 atom stereocenters. The van der Waals surface area contributed by atoms with Crippen LogP contribution in [0.3, 0.4) is 0 Å². The molecule has 0 radical (unpaired) electrons. The zero-order valence-electron chi connectivity index (χ0n) is 13.9. The first-order valence-electron chi connectivity index (χ1n) is 7.98. The van der Waals surface area contributed by atoms with Crippen molar-refractivity contribution in [1.82, 2.24) is 0 Å². The van der Waals surface area contributed by atoms with Crippen molar-refractivity contribution < 1.29 is 18.7 Å². The molecule has 0 unspecified atom stereocenters. The highest BCUT2D eigenvalue weighted by molar-refractivity contribution is 5.95. The van der Waals surface area contributed by atoms with Crippen LogP contribution in [0.4, 0.5) is 4.39 Å². The number of hydrogen-bond donors (Lipinski definition) is 0. The first-order chi connectivity index (χ1) is 11.7. The van der Waals surface area contributed by atoms with Crippen LogP contribution in [0.25, 0.3) is 5.57 Å². The Balaban J connectivity index is 2.09. The summed E-state index contributed by atoms with van der Waals surface area (Å²) in [4.78, 5) is 11.6. The second-order valence-electron chi connectivity index (χ2n) is 5.17. The van der Waals surface area contributed by atoms with Gasteiger partial charge >= 0.3 is 5.97 Å². The Morgan fingerprint density at radius 3 is 2.25 bits per heavy atom. The number of benzene rings is 2. The Morgan fingerprint density at radius 2 is 1.67 bits per heavy atom. The molecule has 0 saturated heterocycles. The molecule has 126 valence electrons. The summed E-state index contributed by atoms with van der Waals surface area (Å²) >= 11 is 0. The van der Waals surface area contributed by atoms with Crippen LogP contribution < -0.4 is 4.74 Å². The molecule has 0 saturated carbocycles. The fraction of sp³-hybridized carbons (Fsp3) is 0.250. The molecule has 0 heterocycles. The third-order valence-corrected chi connectivity index (χ3v) is 3.52. The zero-order valence-corrected chi connectivity index (χ0v) is 13.9. The van der Waals surface area contributed by atoms with Crippen LogP contribution >= 0.6 is 0 Å². The highest BCUT2D eigenvalue weighted by atomic mass is 19.1. The largest absolute Gasteiger partial charge is 0.489 e. The van der Waals surface area contributed by atoms with Gasteiger partial charge in [-0.25, -0.2) is 4.79 Å². The van der Waals surface area contributed by atoms with Gasteiger partial charge in [-0.15, -0.1) is 0 Å². The predicted molar refractivity (Wildman–Crippen MR) is 92.2 cm³/mol. The molecule has 2 aromatic carbocycles. The van der Waals surface area contributed by atoms with Crippen LogP contribution in [0.15, 0.2) is 60.4 Å². The highest BCUT2D eigenvalue weighted by Crippen LogP contribution is 2.26. The van der Waals surface area contributed by atoms with Crippen molar-refractivity contribution in [3.8, 4) is 5.75 Å². The van der Waals surface area contributed by atoms with E-state index in [1.54, 1.807) is 38.1 Å². The Bertz CT molecular complexity index is 691. The van der Waals surface area contributed by atoms with Crippen molar-refractivity contribution >= 4 is 11.5 Å². The summed E-state index contributed by atoms with van der Waals surface area (Å²) in [5.41, 5.74) is 2.06. The van der Waals surface area contributed by atoms with Crippen molar-refractivity contribution in [1.29, 1.82) is 0 Å². The summed E-state index contributed by atoms with van der Waals surface area (Å²) in [6.45, 7) is 4.06. The Morgan fingerprint density at radius 1 is 1.00 bits per heavy atom. The number of esters is 1. The van der Waals surface area contributed by atoms with Gasteiger partial charge in [0, 0.05) is 5.57 Å². The van der Waals surface area contributed by atoms with Gasteiger partial charge in [-0.05, 0) is 36.6 Å². The minimum atomic E-state index is -0.918. The van der Waals surface area contributed by atoms with Gasteiger partial charge in [-0.2, -0.15) is 4.39 Å². The molecule has 0 aliphatic carbocycles. The molecular weight excluding hydrogens is 307 g/mol. The molecular formula is C20H21FO3. The van der Waals surface area contributed by atoms with E-state index in [-0.39, 0.29) is 6.61 Å². The van der Waals surface area contributed by atoms with Crippen LogP contribution in [0.2, 0.25) is 0 Å². The van der Waals surface area contributed by atoms with Gasteiger partial charge in [0.25, 0.3) is 0 Å². The van der Waals surface area contributed by atoms with E-state index in [1.807, 2.05) is 30.3 Å². The van der Waals surface area contributed by atoms with Crippen LogP contribution in [-0.4, -0.2) is 12.6 Å². The zero-order chi connectivity index (χ0) is 17.4. The molecule has 24 heavy (non-hydrogen) atoms. The van der Waals surface area contributed by atoms with E-state index in [2.05, 4.69) is 0 Å². The fourth-order valence-electron chi connectivity index (χ4n) is 2.30. The average Bonchev–Trinajstić information content (AvgIpc) is 2.62. The van der Waals surface area contributed by atoms with E-state index in [4.69, 9.17) is 9.47 Å². The van der Waals surface area contributed by atoms with E-state index in [0.29, 0.717) is 29.9 Å². The summed E-state index contributed by atoms with van der Waals surface area (Å²) in [5, 5.41) is 0. The summed E-state index contributed by atoms with van der Waals surface area (Å²) in [5.74, 6) is -1.06. The van der Waals surface area contributed by atoms with Gasteiger partial charge in [0.05, 0.1) is 6.61 Å². The van der Waals surface area contributed by atoms with Crippen molar-refractivity contribution in [3.63, 3.8) is 0 Å². The van der Waals surface area contributed by atoms with E-state index in [1.165, 1.54) is 0 Å². The van der Waals surface area contributed by atoms with E-state index in [9.17, 15) is 9.18 Å². The number of rotatable bonds is 7. The van der Waals surface area contributed by atoms with E-state index in [0.717, 1.165) is 5.56 Å². The van der Waals surface area contributed by atoms with Crippen molar-refractivity contribution in [3.05, 3.63) is 71.6 Å². The second kappa shape index (κ2) is 8.87. The van der Waals surface area contributed by atoms with Gasteiger partial charge in [0.15, 0.2) is 0 Å². The lowest BCUT2D eigenvalue weighted by Gasteiger charge is -2.10. The normalized spacial score (nSPS) is 11.6. The average molecular weight is 328 g/mol. The van der Waals surface area contributed by atoms with E-state index >= 15 is 0 Å². The van der Waals surface area contributed by atoms with Gasteiger partial charge in [0.2, 0.25) is 5.83 Å². The van der Waals surface area contributed by atoms with Gasteiger partial charge < -0.3 is 9.47 Å². The molecule has 2 rings (SSSR count). The number of allylic oxidation sites excluding steroid dienone is 1. The smallest absolute Gasteiger partial charge is 0.367 e. The molecule has 4 heteroatoms. The fourth-order valence-corrected chi connectivity index (χ4v) is 2.30. The minimum Gasteiger partial charge on any atom is -0.489 e. The molecule has 3 nitrogen and oxygen atoms in total. The Kier molecular flexibility index (Phi) is 6.55. The third kappa shape index (κ3) is 4.69. The predicted octanol–water partition coefficient (Wildman–Crippen LogP) is 4.92.